The lowest BCUT2D eigenvalue weighted by Gasteiger charge is -2.30. The van der Waals surface area contributed by atoms with E-state index in [4.69, 9.17) is 4.74 Å². The van der Waals surface area contributed by atoms with Crippen molar-refractivity contribution in [2.45, 2.75) is 26.7 Å². The van der Waals surface area contributed by atoms with Crippen LogP contribution in [0.2, 0.25) is 0 Å². The summed E-state index contributed by atoms with van der Waals surface area (Å²) in [6.07, 6.45) is 2.37. The lowest BCUT2D eigenvalue weighted by atomic mass is 9.99. The molecule has 1 saturated heterocycles. The van der Waals surface area contributed by atoms with Crippen molar-refractivity contribution in [2.24, 2.45) is 5.92 Å². The number of carbonyl (C=O) groups is 2. The molecular weight excluding hydrogens is 430 g/mol. The SMILES string of the molecule is CC(=O)Nc1cccc(OCC(=O)Nc2ccc(-c3ccc(N4CCC(C)CC4)nn3)cc2)c1. The highest BCUT2D eigenvalue weighted by molar-refractivity contribution is 5.92. The zero-order valence-electron chi connectivity index (χ0n) is 19.5. The van der Waals surface area contributed by atoms with Gasteiger partial charge in [-0.2, -0.15) is 0 Å². The Morgan fingerprint density at radius 2 is 1.74 bits per heavy atom. The number of benzene rings is 2. The van der Waals surface area contributed by atoms with Gasteiger partial charge in [-0.15, -0.1) is 10.2 Å². The fourth-order valence-corrected chi connectivity index (χ4v) is 3.82. The first-order valence-electron chi connectivity index (χ1n) is 11.5. The minimum absolute atomic E-state index is 0.145. The summed E-state index contributed by atoms with van der Waals surface area (Å²) in [6.45, 7) is 5.62. The predicted molar refractivity (Wildman–Crippen MR) is 133 cm³/mol. The van der Waals surface area contributed by atoms with Crippen molar-refractivity contribution in [3.05, 3.63) is 60.7 Å². The summed E-state index contributed by atoms with van der Waals surface area (Å²) in [5.74, 6) is 1.74. The van der Waals surface area contributed by atoms with E-state index < -0.39 is 0 Å². The number of nitrogens with zero attached hydrogens (tertiary/aromatic N) is 3. The molecule has 2 amide bonds. The van der Waals surface area contributed by atoms with E-state index in [1.165, 1.54) is 19.8 Å². The number of nitrogens with one attached hydrogen (secondary N) is 2. The molecule has 0 radical (unpaired) electrons. The molecule has 2 heterocycles. The summed E-state index contributed by atoms with van der Waals surface area (Å²) < 4.78 is 5.54. The number of piperidine rings is 1. The number of amides is 2. The van der Waals surface area contributed by atoms with E-state index in [1.54, 1.807) is 24.3 Å². The maximum atomic E-state index is 12.3. The molecule has 2 aromatic carbocycles. The molecule has 8 heteroatoms. The second-order valence-corrected chi connectivity index (χ2v) is 8.57. The summed E-state index contributed by atoms with van der Waals surface area (Å²) >= 11 is 0. The molecule has 0 unspecified atom stereocenters. The highest BCUT2D eigenvalue weighted by atomic mass is 16.5. The molecule has 2 N–H and O–H groups in total. The number of aromatic nitrogens is 2. The van der Waals surface area contributed by atoms with Crippen LogP contribution in [-0.4, -0.2) is 41.7 Å². The lowest BCUT2D eigenvalue weighted by Crippen LogP contribution is -2.33. The average molecular weight is 460 g/mol. The number of hydrogen-bond donors (Lipinski definition) is 2. The summed E-state index contributed by atoms with van der Waals surface area (Å²) in [4.78, 5) is 25.7. The van der Waals surface area contributed by atoms with Crippen LogP contribution in [0.5, 0.6) is 5.75 Å². The van der Waals surface area contributed by atoms with E-state index in [9.17, 15) is 9.59 Å². The number of carbonyl (C=O) groups excluding carboxylic acids is 2. The zero-order valence-corrected chi connectivity index (χ0v) is 19.5. The Balaban J connectivity index is 1.29. The fourth-order valence-electron chi connectivity index (χ4n) is 3.82. The first kappa shape index (κ1) is 23.2. The number of anilines is 3. The quantitative estimate of drug-likeness (QED) is 0.545. The van der Waals surface area contributed by atoms with Crippen LogP contribution < -0.4 is 20.3 Å². The Bertz CT molecular complexity index is 1120. The molecule has 3 aromatic rings. The van der Waals surface area contributed by atoms with Gasteiger partial charge in [0.1, 0.15) is 5.75 Å². The first-order chi connectivity index (χ1) is 16.5. The molecule has 0 spiro atoms. The maximum Gasteiger partial charge on any atom is 0.262 e. The molecule has 0 aliphatic carbocycles. The molecular formula is C26H29N5O3. The van der Waals surface area contributed by atoms with Gasteiger partial charge in [0.15, 0.2) is 12.4 Å². The second kappa shape index (κ2) is 10.8. The van der Waals surface area contributed by atoms with Gasteiger partial charge in [0, 0.05) is 43.0 Å². The molecule has 4 rings (SSSR count). The molecule has 0 saturated carbocycles. The summed E-state index contributed by atoms with van der Waals surface area (Å²) in [5, 5.41) is 14.3. The smallest absolute Gasteiger partial charge is 0.262 e. The van der Waals surface area contributed by atoms with Gasteiger partial charge in [-0.1, -0.05) is 25.1 Å². The van der Waals surface area contributed by atoms with Crippen molar-refractivity contribution in [2.75, 3.05) is 35.2 Å². The van der Waals surface area contributed by atoms with Gasteiger partial charge in [0.2, 0.25) is 5.91 Å². The third-order valence-electron chi connectivity index (χ3n) is 5.75. The van der Waals surface area contributed by atoms with E-state index in [1.807, 2.05) is 36.4 Å². The van der Waals surface area contributed by atoms with Crippen molar-refractivity contribution in [1.29, 1.82) is 0 Å². The number of rotatable bonds is 7. The highest BCUT2D eigenvalue weighted by Gasteiger charge is 2.17. The Morgan fingerprint density at radius 1 is 0.971 bits per heavy atom. The van der Waals surface area contributed by atoms with Gasteiger partial charge in [-0.3, -0.25) is 9.59 Å². The van der Waals surface area contributed by atoms with Crippen LogP contribution in [0.3, 0.4) is 0 Å². The minimum atomic E-state index is -0.280. The Morgan fingerprint density at radius 3 is 2.41 bits per heavy atom. The monoisotopic (exact) mass is 459 g/mol. The van der Waals surface area contributed by atoms with Crippen molar-refractivity contribution >= 4 is 29.0 Å². The van der Waals surface area contributed by atoms with Gasteiger partial charge < -0.3 is 20.3 Å². The Hall–Kier alpha value is -3.94. The van der Waals surface area contributed by atoms with Crippen LogP contribution in [0.4, 0.5) is 17.2 Å². The molecule has 176 valence electrons. The van der Waals surface area contributed by atoms with E-state index in [0.717, 1.165) is 36.1 Å². The maximum absolute atomic E-state index is 12.3. The topological polar surface area (TPSA) is 96.4 Å². The van der Waals surface area contributed by atoms with E-state index in [-0.39, 0.29) is 18.4 Å². The van der Waals surface area contributed by atoms with E-state index in [0.29, 0.717) is 17.1 Å². The molecule has 0 atom stereocenters. The van der Waals surface area contributed by atoms with Crippen LogP contribution in [0, 0.1) is 5.92 Å². The van der Waals surface area contributed by atoms with Gasteiger partial charge in [0.25, 0.3) is 5.91 Å². The summed E-state index contributed by atoms with van der Waals surface area (Å²) in [7, 11) is 0. The molecule has 1 fully saturated rings. The predicted octanol–water partition coefficient (Wildman–Crippen LogP) is 4.36. The van der Waals surface area contributed by atoms with Crippen molar-refractivity contribution in [1.82, 2.24) is 10.2 Å². The third-order valence-corrected chi connectivity index (χ3v) is 5.75. The van der Waals surface area contributed by atoms with E-state index in [2.05, 4.69) is 32.7 Å². The van der Waals surface area contributed by atoms with Crippen LogP contribution in [0.25, 0.3) is 11.3 Å². The van der Waals surface area contributed by atoms with Crippen LogP contribution >= 0.6 is 0 Å². The van der Waals surface area contributed by atoms with Crippen molar-refractivity contribution in [3.8, 4) is 17.0 Å². The van der Waals surface area contributed by atoms with Gasteiger partial charge in [0.05, 0.1) is 5.69 Å². The molecule has 8 nitrogen and oxygen atoms in total. The van der Waals surface area contributed by atoms with Gasteiger partial charge >= 0.3 is 0 Å². The van der Waals surface area contributed by atoms with Crippen LogP contribution in [0.1, 0.15) is 26.7 Å². The average Bonchev–Trinajstić information content (AvgIpc) is 2.84. The fraction of sp³-hybridized carbons (Fsp3) is 0.308. The summed E-state index contributed by atoms with van der Waals surface area (Å²) in [6, 6.07) is 18.4. The van der Waals surface area contributed by atoms with Crippen LogP contribution in [0.15, 0.2) is 60.7 Å². The Kier molecular flexibility index (Phi) is 7.37. The van der Waals surface area contributed by atoms with Crippen molar-refractivity contribution < 1.29 is 14.3 Å². The molecule has 1 aromatic heterocycles. The zero-order chi connectivity index (χ0) is 23.9. The standard InChI is InChI=1S/C26H29N5O3/c1-18-12-14-31(15-13-18)25-11-10-24(29-30-25)20-6-8-21(9-7-20)28-26(33)17-34-23-5-3-4-22(16-23)27-19(2)32/h3-11,16,18H,12-15,17H2,1-2H3,(H,27,32)(H,28,33). The van der Waals surface area contributed by atoms with Crippen LogP contribution in [-0.2, 0) is 9.59 Å². The lowest BCUT2D eigenvalue weighted by molar-refractivity contribution is -0.118. The van der Waals surface area contributed by atoms with Gasteiger partial charge in [-0.05, 0) is 55.2 Å². The largest absolute Gasteiger partial charge is 0.484 e. The Labute approximate surface area is 199 Å². The highest BCUT2D eigenvalue weighted by Crippen LogP contribution is 2.24. The molecule has 0 bridgehead atoms. The number of hydrogen-bond acceptors (Lipinski definition) is 6. The van der Waals surface area contributed by atoms with Crippen molar-refractivity contribution in [3.63, 3.8) is 0 Å². The number of ether oxygens (including phenoxy) is 1. The summed E-state index contributed by atoms with van der Waals surface area (Å²) in [5.41, 5.74) is 2.99. The molecule has 1 aliphatic rings. The molecule has 1 aliphatic heterocycles. The minimum Gasteiger partial charge on any atom is -0.484 e. The van der Waals surface area contributed by atoms with E-state index >= 15 is 0 Å². The second-order valence-electron chi connectivity index (χ2n) is 8.57. The first-order valence-corrected chi connectivity index (χ1v) is 11.5. The third kappa shape index (κ3) is 6.31. The van der Waals surface area contributed by atoms with Gasteiger partial charge in [-0.25, -0.2) is 0 Å². The molecule has 34 heavy (non-hydrogen) atoms. The normalized spacial score (nSPS) is 13.9.